The molecule has 1 aromatic heterocycles. The van der Waals surface area contributed by atoms with E-state index in [1.807, 2.05) is 0 Å². The number of nitrogens with zero attached hydrogens (tertiary/aromatic N) is 2. The first-order valence-electron chi connectivity index (χ1n) is 22.6. The zero-order valence-electron chi connectivity index (χ0n) is 36.5. The molecule has 0 amide bonds. The Morgan fingerprint density at radius 3 is 1.92 bits per heavy atom. The summed E-state index contributed by atoms with van der Waals surface area (Å²) in [4.78, 5) is 5.25. The van der Waals surface area contributed by atoms with Crippen molar-refractivity contribution >= 4 is 89.7 Å². The van der Waals surface area contributed by atoms with E-state index >= 15 is 0 Å². The molecule has 9 aromatic carbocycles. The molecule has 63 heavy (non-hydrogen) atoms. The number of aryl methyl sites for hydroxylation is 1. The third-order valence-electron chi connectivity index (χ3n) is 15.0. The van der Waals surface area contributed by atoms with Gasteiger partial charge < -0.3 is 14.1 Å². The number of hydrogen-bond donors (Lipinski definition) is 0. The Kier molecular flexibility index (Phi) is 7.55. The minimum absolute atomic E-state index is 0.0310. The second-order valence-electron chi connectivity index (χ2n) is 19.6. The maximum Gasteiger partial charge on any atom is 0.333 e. The lowest BCUT2D eigenvalue weighted by atomic mass is 9.43. The Hall–Kier alpha value is -7.04. The van der Waals surface area contributed by atoms with Gasteiger partial charge in [0.1, 0.15) is 5.58 Å². The van der Waals surface area contributed by atoms with Gasteiger partial charge in [-0.25, -0.2) is 0 Å². The maximum atomic E-state index is 7.22. The number of rotatable bonds is 3. The zero-order chi connectivity index (χ0) is 42.4. The third kappa shape index (κ3) is 5.21. The van der Waals surface area contributed by atoms with Crippen LogP contribution in [-0.2, 0) is 10.8 Å². The van der Waals surface area contributed by atoms with Crippen LogP contribution in [0.3, 0.4) is 0 Å². The molecule has 1 aliphatic carbocycles. The van der Waals surface area contributed by atoms with Gasteiger partial charge in [0.05, 0.1) is 5.69 Å². The molecule has 0 N–H and O–H groups in total. The van der Waals surface area contributed by atoms with Crippen molar-refractivity contribution in [2.75, 3.05) is 9.71 Å². The van der Waals surface area contributed by atoms with E-state index in [1.165, 1.54) is 94.9 Å². The molecular weight excluding hydrogens is 763 g/mol. The quantitative estimate of drug-likeness (QED) is 0.166. The van der Waals surface area contributed by atoms with Crippen LogP contribution in [-0.4, -0.2) is 6.85 Å². The van der Waals surface area contributed by atoms with E-state index in [2.05, 4.69) is 214 Å². The van der Waals surface area contributed by atoms with Crippen molar-refractivity contribution in [3.8, 4) is 22.3 Å². The van der Waals surface area contributed by atoms with E-state index in [9.17, 15) is 0 Å². The van der Waals surface area contributed by atoms with E-state index in [4.69, 9.17) is 4.42 Å². The molecule has 3 aliphatic rings. The van der Waals surface area contributed by atoms with Crippen LogP contribution in [0.25, 0.3) is 65.7 Å². The monoisotopic (exact) mass is 810 g/mol. The Bertz CT molecular complexity index is 3540. The molecule has 3 nitrogen and oxygen atoms in total. The normalized spacial score (nSPS) is 15.7. The van der Waals surface area contributed by atoms with Crippen molar-refractivity contribution in [3.05, 3.63) is 187 Å². The Balaban J connectivity index is 1.20. The van der Waals surface area contributed by atoms with Crippen LogP contribution in [0.4, 0.5) is 28.4 Å². The predicted molar refractivity (Wildman–Crippen MR) is 268 cm³/mol. The van der Waals surface area contributed by atoms with E-state index in [0.717, 1.165) is 39.7 Å². The van der Waals surface area contributed by atoms with Gasteiger partial charge in [-0.1, -0.05) is 155 Å². The lowest BCUT2D eigenvalue weighted by Gasteiger charge is -2.47. The lowest BCUT2D eigenvalue weighted by molar-refractivity contribution is 0.332. The van der Waals surface area contributed by atoms with Crippen LogP contribution in [0, 0.1) is 6.92 Å². The summed E-state index contributed by atoms with van der Waals surface area (Å²) >= 11 is 0. The number of hydrogen-bond acceptors (Lipinski definition) is 3. The van der Waals surface area contributed by atoms with Crippen molar-refractivity contribution in [1.82, 2.24) is 0 Å². The highest BCUT2D eigenvalue weighted by Crippen LogP contribution is 2.55. The summed E-state index contributed by atoms with van der Waals surface area (Å²) in [5.41, 5.74) is 19.5. The molecule has 0 saturated heterocycles. The summed E-state index contributed by atoms with van der Waals surface area (Å²) in [7, 11) is 0. The number of para-hydroxylation sites is 1. The number of benzene rings is 9. The van der Waals surface area contributed by atoms with Crippen molar-refractivity contribution < 1.29 is 4.42 Å². The van der Waals surface area contributed by atoms with Gasteiger partial charge in [0.25, 0.3) is 0 Å². The highest BCUT2D eigenvalue weighted by Gasteiger charge is 2.48. The summed E-state index contributed by atoms with van der Waals surface area (Å²) in [5, 5.41) is 7.22. The van der Waals surface area contributed by atoms with Crippen LogP contribution < -0.4 is 20.6 Å². The topological polar surface area (TPSA) is 19.6 Å². The fraction of sp³-hybridized carbons (Fsp3) is 0.153. The fourth-order valence-electron chi connectivity index (χ4n) is 11.6. The first-order chi connectivity index (χ1) is 30.6. The molecule has 3 heterocycles. The lowest BCUT2D eigenvalue weighted by Crippen LogP contribution is -2.61. The molecule has 0 atom stereocenters. The first-order valence-corrected chi connectivity index (χ1v) is 22.6. The summed E-state index contributed by atoms with van der Waals surface area (Å²) in [6, 6.07) is 63.5. The molecule has 0 radical (unpaired) electrons. The van der Waals surface area contributed by atoms with Crippen LogP contribution >= 0.6 is 0 Å². The molecule has 0 fully saturated rings. The standard InChI is InChI=1S/C59H47BN2O/c1-36-31-47-48(59(4,5)30-29-58(47,2)3)35-51(36)61-52-33-41-19-10-9-18-40(41)32-49(52)60-55-46(34-45-44-21-13-14-22-53(44)63-57(45)56(55)61)54-43-20-12-11-17-39(43)25-28-50(54)62(60)42-26-23-38(24-27-42)37-15-7-6-8-16-37/h6-28,31-35H,29-30H2,1-5H3. The molecule has 13 rings (SSSR count). The second kappa shape index (κ2) is 13.0. The van der Waals surface area contributed by atoms with Gasteiger partial charge in [0.15, 0.2) is 5.58 Å². The molecule has 0 saturated carbocycles. The molecular formula is C59H47BN2O. The molecule has 0 spiro atoms. The first kappa shape index (κ1) is 36.6. The zero-order valence-corrected chi connectivity index (χ0v) is 36.5. The van der Waals surface area contributed by atoms with Crippen molar-refractivity contribution in [2.24, 2.45) is 0 Å². The van der Waals surface area contributed by atoms with E-state index in [0.29, 0.717) is 0 Å². The van der Waals surface area contributed by atoms with Crippen molar-refractivity contribution in [2.45, 2.75) is 58.3 Å². The molecule has 2 aliphatic heterocycles. The summed E-state index contributed by atoms with van der Waals surface area (Å²) in [6.07, 6.45) is 2.32. The Morgan fingerprint density at radius 1 is 0.524 bits per heavy atom. The average Bonchev–Trinajstić information content (AvgIpc) is 3.69. The van der Waals surface area contributed by atoms with Gasteiger partial charge in [-0.2, -0.15) is 0 Å². The minimum Gasteiger partial charge on any atom is -0.454 e. The molecule has 0 bridgehead atoms. The smallest absolute Gasteiger partial charge is 0.333 e. The van der Waals surface area contributed by atoms with Crippen LogP contribution in [0.15, 0.2) is 174 Å². The fourth-order valence-corrected chi connectivity index (χ4v) is 11.6. The Morgan fingerprint density at radius 2 is 1.16 bits per heavy atom. The van der Waals surface area contributed by atoms with E-state index in [-0.39, 0.29) is 17.7 Å². The summed E-state index contributed by atoms with van der Waals surface area (Å²) in [5.74, 6) is 0. The van der Waals surface area contributed by atoms with Gasteiger partial charge >= 0.3 is 6.85 Å². The van der Waals surface area contributed by atoms with Gasteiger partial charge in [-0.3, -0.25) is 0 Å². The van der Waals surface area contributed by atoms with Crippen LogP contribution in [0.2, 0.25) is 0 Å². The number of fused-ring (bicyclic) bond motifs is 12. The van der Waals surface area contributed by atoms with Crippen molar-refractivity contribution in [3.63, 3.8) is 0 Å². The van der Waals surface area contributed by atoms with Crippen LogP contribution in [0.5, 0.6) is 0 Å². The highest BCUT2D eigenvalue weighted by molar-refractivity contribution is 6.94. The van der Waals surface area contributed by atoms with Gasteiger partial charge in [-0.15, -0.1) is 0 Å². The second-order valence-corrected chi connectivity index (χ2v) is 19.6. The SMILES string of the molecule is Cc1cc2c(cc1N1c3cc4ccccc4cc3B3c4c(cc5c(oc6ccccc65)c41)-c1c(ccc4ccccc14)N3c1ccc(-c3ccccc3)cc1)C(C)(C)CCC2(C)C. The predicted octanol–water partition coefficient (Wildman–Crippen LogP) is 14.9. The summed E-state index contributed by atoms with van der Waals surface area (Å²) < 4.78 is 7.22. The molecule has 4 heteroatoms. The van der Waals surface area contributed by atoms with Gasteiger partial charge in [0.2, 0.25) is 0 Å². The largest absolute Gasteiger partial charge is 0.454 e. The van der Waals surface area contributed by atoms with E-state index < -0.39 is 0 Å². The highest BCUT2D eigenvalue weighted by atomic mass is 16.3. The van der Waals surface area contributed by atoms with Gasteiger partial charge in [0, 0.05) is 39.1 Å². The third-order valence-corrected chi connectivity index (χ3v) is 15.0. The van der Waals surface area contributed by atoms with Crippen molar-refractivity contribution in [1.29, 1.82) is 0 Å². The number of anilines is 5. The molecule has 10 aromatic rings. The van der Waals surface area contributed by atoms with E-state index in [1.54, 1.807) is 0 Å². The van der Waals surface area contributed by atoms with Gasteiger partial charge in [-0.05, 0) is 139 Å². The average molecular weight is 811 g/mol. The van der Waals surface area contributed by atoms with Crippen LogP contribution in [0.1, 0.15) is 57.2 Å². The number of furan rings is 1. The summed E-state index contributed by atoms with van der Waals surface area (Å²) in [6.45, 7) is 11.9. The minimum atomic E-state index is -0.159. The molecule has 302 valence electrons. The maximum absolute atomic E-state index is 7.22. The molecule has 0 unspecified atom stereocenters. The Labute approximate surface area is 369 Å².